The zero-order valence-electron chi connectivity index (χ0n) is 12.5. The maximum absolute atomic E-state index is 14.2. The number of rotatable bonds is 7. The molecule has 0 amide bonds. The number of hydrogen-bond donors (Lipinski definition) is 1. The molecule has 0 fully saturated rings. The minimum atomic E-state index is -0.334. The number of methoxy groups -OCH3 is 2. The predicted octanol–water partition coefficient (Wildman–Crippen LogP) is 2.30. The van der Waals surface area contributed by atoms with Crippen LogP contribution in [0.1, 0.15) is 5.56 Å². The Labute approximate surface area is 123 Å². The number of ether oxygens (including phenoxy) is 2. The number of nitrogens with zero attached hydrogens (tertiary/aromatic N) is 2. The zero-order chi connectivity index (χ0) is 15.2. The highest BCUT2D eigenvalue weighted by atomic mass is 19.1. The summed E-state index contributed by atoms with van der Waals surface area (Å²) in [5, 5.41) is 6.91. The Balaban J connectivity index is 2.20. The average molecular weight is 293 g/mol. The number of aromatic nitrogens is 2. The Kier molecular flexibility index (Phi) is 5.30. The molecule has 2 aromatic rings. The van der Waals surface area contributed by atoms with E-state index in [9.17, 15) is 4.39 Å². The second kappa shape index (κ2) is 7.19. The molecule has 1 N–H and O–H groups in total. The molecule has 0 spiro atoms. The summed E-state index contributed by atoms with van der Waals surface area (Å²) in [6, 6.07) is 4.80. The minimum Gasteiger partial charge on any atom is -0.497 e. The van der Waals surface area contributed by atoms with Gasteiger partial charge in [-0.05, 0) is 19.2 Å². The molecule has 0 radical (unpaired) electrons. The molecule has 0 atom stereocenters. The van der Waals surface area contributed by atoms with Crippen molar-refractivity contribution in [2.45, 2.75) is 6.54 Å². The molecular weight excluding hydrogens is 273 g/mol. The lowest BCUT2D eigenvalue weighted by Crippen LogP contribution is -2.22. The second-order valence-electron chi connectivity index (χ2n) is 4.85. The van der Waals surface area contributed by atoms with Crippen molar-refractivity contribution in [1.82, 2.24) is 15.1 Å². The summed E-state index contributed by atoms with van der Waals surface area (Å²) in [5.41, 5.74) is 2.13. The molecule has 114 valence electrons. The monoisotopic (exact) mass is 293 g/mol. The number of benzene rings is 1. The van der Waals surface area contributed by atoms with Gasteiger partial charge in [-0.3, -0.25) is 10.00 Å². The molecule has 0 saturated heterocycles. The molecule has 0 aliphatic heterocycles. The van der Waals surface area contributed by atoms with Crippen LogP contribution in [0.3, 0.4) is 0 Å². The van der Waals surface area contributed by atoms with E-state index < -0.39 is 0 Å². The van der Waals surface area contributed by atoms with Crippen LogP contribution in [0.2, 0.25) is 0 Å². The molecule has 0 aliphatic rings. The van der Waals surface area contributed by atoms with Gasteiger partial charge in [0.25, 0.3) is 0 Å². The van der Waals surface area contributed by atoms with Crippen molar-refractivity contribution in [3.63, 3.8) is 0 Å². The number of hydrogen-bond acceptors (Lipinski definition) is 4. The van der Waals surface area contributed by atoms with Crippen LogP contribution in [0.4, 0.5) is 4.39 Å². The van der Waals surface area contributed by atoms with Crippen molar-refractivity contribution < 1.29 is 13.9 Å². The summed E-state index contributed by atoms with van der Waals surface area (Å²) >= 11 is 0. The van der Waals surface area contributed by atoms with Crippen LogP contribution in [0, 0.1) is 5.82 Å². The number of aromatic amines is 1. The molecule has 1 heterocycles. The van der Waals surface area contributed by atoms with Gasteiger partial charge in [0.1, 0.15) is 11.6 Å². The van der Waals surface area contributed by atoms with Crippen LogP contribution in [0.25, 0.3) is 11.3 Å². The van der Waals surface area contributed by atoms with Crippen LogP contribution in [0.5, 0.6) is 5.75 Å². The number of nitrogens with one attached hydrogen (secondary N) is 1. The molecule has 6 heteroatoms. The molecule has 0 unspecified atom stereocenters. The van der Waals surface area contributed by atoms with Gasteiger partial charge in [-0.1, -0.05) is 0 Å². The van der Waals surface area contributed by atoms with E-state index in [1.165, 1.54) is 13.2 Å². The molecule has 1 aromatic carbocycles. The maximum atomic E-state index is 14.2. The van der Waals surface area contributed by atoms with Crippen molar-refractivity contribution >= 4 is 0 Å². The molecule has 21 heavy (non-hydrogen) atoms. The van der Waals surface area contributed by atoms with Gasteiger partial charge in [0.2, 0.25) is 0 Å². The van der Waals surface area contributed by atoms with Crippen LogP contribution >= 0.6 is 0 Å². The van der Waals surface area contributed by atoms with E-state index >= 15 is 0 Å². The average Bonchev–Trinajstić information content (AvgIpc) is 2.92. The van der Waals surface area contributed by atoms with E-state index in [0.717, 1.165) is 12.1 Å². The SMILES string of the molecule is COCCN(C)Cc1cn[nH]c1-c1ccc(OC)cc1F. The number of H-pyrrole nitrogens is 1. The number of likely N-dealkylation sites (N-methyl/N-ethyl adjacent to an activating group) is 1. The van der Waals surface area contributed by atoms with Gasteiger partial charge >= 0.3 is 0 Å². The summed E-state index contributed by atoms with van der Waals surface area (Å²) in [6.45, 7) is 2.12. The molecule has 1 aromatic heterocycles. The molecule has 2 rings (SSSR count). The van der Waals surface area contributed by atoms with Crippen LogP contribution in [0.15, 0.2) is 24.4 Å². The number of halogens is 1. The van der Waals surface area contributed by atoms with Crippen LogP contribution in [-0.4, -0.2) is 49.5 Å². The standard InChI is InChI=1S/C15H20FN3O2/c1-19(6-7-20-2)10-11-9-17-18-15(11)13-5-4-12(21-3)8-14(13)16/h4-5,8-9H,6-7,10H2,1-3H3,(H,17,18). The summed E-state index contributed by atoms with van der Waals surface area (Å²) in [5.74, 6) is 0.161. The first-order valence-electron chi connectivity index (χ1n) is 6.69. The van der Waals surface area contributed by atoms with E-state index in [-0.39, 0.29) is 5.82 Å². The zero-order valence-corrected chi connectivity index (χ0v) is 12.5. The molecule has 0 bridgehead atoms. The molecular formula is C15H20FN3O2. The molecule has 5 nitrogen and oxygen atoms in total. The quantitative estimate of drug-likeness (QED) is 0.851. The van der Waals surface area contributed by atoms with Crippen molar-refractivity contribution in [2.75, 3.05) is 34.4 Å². The third-order valence-electron chi connectivity index (χ3n) is 3.28. The third-order valence-corrected chi connectivity index (χ3v) is 3.28. The van der Waals surface area contributed by atoms with Crippen molar-refractivity contribution in [3.05, 3.63) is 35.8 Å². The van der Waals surface area contributed by atoms with Crippen LogP contribution in [-0.2, 0) is 11.3 Å². The van der Waals surface area contributed by atoms with Gasteiger partial charge in [0.15, 0.2) is 0 Å². The summed E-state index contributed by atoms with van der Waals surface area (Å²) in [7, 11) is 5.17. The van der Waals surface area contributed by atoms with E-state index in [4.69, 9.17) is 9.47 Å². The Hall–Kier alpha value is -1.92. The molecule has 0 aliphatic carbocycles. The molecule has 0 saturated carbocycles. The fourth-order valence-corrected chi connectivity index (χ4v) is 2.11. The Morgan fingerprint density at radius 1 is 1.33 bits per heavy atom. The highest BCUT2D eigenvalue weighted by Crippen LogP contribution is 2.27. The Morgan fingerprint density at radius 2 is 2.14 bits per heavy atom. The van der Waals surface area contributed by atoms with Crippen molar-refractivity contribution in [1.29, 1.82) is 0 Å². The summed E-state index contributed by atoms with van der Waals surface area (Å²) in [4.78, 5) is 2.10. The van der Waals surface area contributed by atoms with Gasteiger partial charge in [-0.25, -0.2) is 4.39 Å². The lowest BCUT2D eigenvalue weighted by Gasteiger charge is -2.16. The smallest absolute Gasteiger partial charge is 0.136 e. The van der Waals surface area contributed by atoms with Crippen molar-refractivity contribution in [3.8, 4) is 17.0 Å². The van der Waals surface area contributed by atoms with Crippen molar-refractivity contribution in [2.24, 2.45) is 0 Å². The third kappa shape index (κ3) is 3.80. The first kappa shape index (κ1) is 15.5. The van der Waals surface area contributed by atoms with E-state index in [0.29, 0.717) is 30.2 Å². The van der Waals surface area contributed by atoms with E-state index in [1.54, 1.807) is 25.4 Å². The second-order valence-corrected chi connectivity index (χ2v) is 4.85. The van der Waals surface area contributed by atoms with Gasteiger partial charge in [-0.15, -0.1) is 0 Å². The normalized spacial score (nSPS) is 11.1. The van der Waals surface area contributed by atoms with Crippen LogP contribution < -0.4 is 4.74 Å². The van der Waals surface area contributed by atoms with Gasteiger partial charge < -0.3 is 9.47 Å². The largest absolute Gasteiger partial charge is 0.497 e. The van der Waals surface area contributed by atoms with Gasteiger partial charge in [0.05, 0.1) is 25.6 Å². The summed E-state index contributed by atoms with van der Waals surface area (Å²) < 4.78 is 24.2. The van der Waals surface area contributed by atoms with E-state index in [1.807, 2.05) is 7.05 Å². The Morgan fingerprint density at radius 3 is 2.81 bits per heavy atom. The first-order valence-corrected chi connectivity index (χ1v) is 6.69. The fourth-order valence-electron chi connectivity index (χ4n) is 2.11. The Bertz CT molecular complexity index is 586. The summed E-state index contributed by atoms with van der Waals surface area (Å²) in [6.07, 6.45) is 1.72. The minimum absolute atomic E-state index is 0.334. The fraction of sp³-hybridized carbons (Fsp3) is 0.400. The topological polar surface area (TPSA) is 50.4 Å². The maximum Gasteiger partial charge on any atom is 0.136 e. The highest BCUT2D eigenvalue weighted by Gasteiger charge is 2.14. The van der Waals surface area contributed by atoms with Gasteiger partial charge in [0, 0.05) is 37.4 Å². The highest BCUT2D eigenvalue weighted by molar-refractivity contribution is 5.64. The first-order chi connectivity index (χ1) is 10.2. The van der Waals surface area contributed by atoms with E-state index in [2.05, 4.69) is 15.1 Å². The lowest BCUT2D eigenvalue weighted by atomic mass is 10.1. The van der Waals surface area contributed by atoms with Gasteiger partial charge in [-0.2, -0.15) is 5.10 Å². The predicted molar refractivity (Wildman–Crippen MR) is 78.7 cm³/mol. The lowest BCUT2D eigenvalue weighted by molar-refractivity contribution is 0.158.